The zero-order valence-corrected chi connectivity index (χ0v) is 18.9. The Balaban J connectivity index is 1.36. The Morgan fingerprint density at radius 2 is 1.88 bits per heavy atom. The summed E-state index contributed by atoms with van der Waals surface area (Å²) in [7, 11) is 1.36. The number of benzene rings is 2. The molecule has 0 bridgehead atoms. The van der Waals surface area contributed by atoms with Crippen molar-refractivity contribution in [2.75, 3.05) is 46.5 Å². The van der Waals surface area contributed by atoms with Gasteiger partial charge in [0.2, 0.25) is 0 Å². The minimum Gasteiger partial charge on any atom is -0.489 e. The van der Waals surface area contributed by atoms with E-state index >= 15 is 0 Å². The number of nitrogens with one attached hydrogen (secondary N) is 2. The Morgan fingerprint density at radius 1 is 1.16 bits per heavy atom. The average molecular weight is 457 g/mol. The van der Waals surface area contributed by atoms with Gasteiger partial charge in [-0.25, -0.2) is 4.79 Å². The van der Waals surface area contributed by atoms with Crippen molar-refractivity contribution in [3.05, 3.63) is 65.2 Å². The molecule has 0 spiro atoms. The first kappa shape index (κ1) is 23.6. The molecule has 0 unspecified atom stereocenters. The number of hydrogen-bond acceptors (Lipinski definition) is 7. The highest BCUT2D eigenvalue weighted by molar-refractivity contribution is 7.80. The number of methoxy groups -OCH3 is 1. The summed E-state index contributed by atoms with van der Waals surface area (Å²) in [4.78, 5) is 13.8. The minimum atomic E-state index is -0.353. The smallest absolute Gasteiger partial charge is 0.337 e. The highest BCUT2D eigenvalue weighted by atomic mass is 32.1. The van der Waals surface area contributed by atoms with E-state index < -0.39 is 0 Å². The molecule has 3 rings (SSSR count). The third kappa shape index (κ3) is 7.92. The van der Waals surface area contributed by atoms with E-state index in [-0.39, 0.29) is 5.97 Å². The van der Waals surface area contributed by atoms with Crippen LogP contribution in [0.3, 0.4) is 0 Å². The van der Waals surface area contributed by atoms with Crippen molar-refractivity contribution in [3.63, 3.8) is 0 Å². The summed E-state index contributed by atoms with van der Waals surface area (Å²) >= 11 is 5.24. The molecule has 0 aliphatic carbocycles. The van der Waals surface area contributed by atoms with Crippen LogP contribution in [0.2, 0.25) is 0 Å². The fourth-order valence-electron chi connectivity index (χ4n) is 3.03. The standard InChI is InChI=1S/C23H28N4O4S/c1-29-22(28)20-6-2-19(3-7-20)17-31-21-8-4-18(5-9-21)16-25-26-23(32)24-10-11-27-12-14-30-15-13-27/h2-9,16H,10-15,17H2,1H3,(H2,24,26,32)/b25-16+. The Kier molecular flexibility index (Phi) is 9.42. The summed E-state index contributed by atoms with van der Waals surface area (Å²) < 4.78 is 15.8. The van der Waals surface area contributed by atoms with Gasteiger partial charge < -0.3 is 19.5 Å². The predicted molar refractivity (Wildman–Crippen MR) is 127 cm³/mol. The van der Waals surface area contributed by atoms with Gasteiger partial charge in [0.1, 0.15) is 12.4 Å². The van der Waals surface area contributed by atoms with Crippen LogP contribution in [0, 0.1) is 0 Å². The molecule has 2 N–H and O–H groups in total. The molecule has 0 amide bonds. The summed E-state index contributed by atoms with van der Waals surface area (Å²) in [5.74, 6) is 0.390. The molecule has 8 nitrogen and oxygen atoms in total. The number of carbonyl (C=O) groups excluding carboxylic acids is 1. The zero-order valence-electron chi connectivity index (χ0n) is 18.1. The van der Waals surface area contributed by atoms with Crippen LogP contribution < -0.4 is 15.5 Å². The van der Waals surface area contributed by atoms with E-state index in [4.69, 9.17) is 26.4 Å². The van der Waals surface area contributed by atoms with E-state index in [1.54, 1.807) is 18.3 Å². The molecule has 2 aromatic rings. The van der Waals surface area contributed by atoms with Crippen LogP contribution in [0.1, 0.15) is 21.5 Å². The fraction of sp³-hybridized carbons (Fsp3) is 0.348. The van der Waals surface area contributed by atoms with Crippen molar-refractivity contribution in [2.24, 2.45) is 5.10 Å². The van der Waals surface area contributed by atoms with Gasteiger partial charge in [0, 0.05) is 26.2 Å². The van der Waals surface area contributed by atoms with Gasteiger partial charge in [0.05, 0.1) is 32.1 Å². The lowest BCUT2D eigenvalue weighted by Crippen LogP contribution is -2.42. The molecule has 1 aliphatic heterocycles. The van der Waals surface area contributed by atoms with Gasteiger partial charge in [0.25, 0.3) is 0 Å². The second-order valence-electron chi connectivity index (χ2n) is 7.13. The molecule has 0 atom stereocenters. The normalized spacial score (nSPS) is 14.2. The van der Waals surface area contributed by atoms with Gasteiger partial charge in [-0.3, -0.25) is 10.3 Å². The van der Waals surface area contributed by atoms with E-state index in [2.05, 4.69) is 20.7 Å². The van der Waals surface area contributed by atoms with Crippen molar-refractivity contribution < 1.29 is 19.0 Å². The Bertz CT molecular complexity index is 897. The van der Waals surface area contributed by atoms with E-state index in [9.17, 15) is 4.79 Å². The number of carbonyl (C=O) groups is 1. The summed E-state index contributed by atoms with van der Waals surface area (Å²) in [6.07, 6.45) is 1.70. The molecule has 0 aromatic heterocycles. The van der Waals surface area contributed by atoms with E-state index in [1.807, 2.05) is 36.4 Å². The highest BCUT2D eigenvalue weighted by Gasteiger charge is 2.09. The third-order valence-electron chi connectivity index (χ3n) is 4.86. The van der Waals surface area contributed by atoms with Gasteiger partial charge in [0.15, 0.2) is 5.11 Å². The molecule has 9 heteroatoms. The molecule has 1 saturated heterocycles. The average Bonchev–Trinajstić information content (AvgIpc) is 2.84. The Hall–Kier alpha value is -3.01. The molecule has 1 fully saturated rings. The van der Waals surface area contributed by atoms with Crippen LogP contribution in [-0.2, 0) is 16.1 Å². The summed E-state index contributed by atoms with van der Waals surface area (Å²) in [5.41, 5.74) is 5.22. The van der Waals surface area contributed by atoms with E-state index in [0.717, 1.165) is 56.3 Å². The SMILES string of the molecule is COC(=O)c1ccc(COc2ccc(/C=N/NC(=S)NCCN3CCOCC3)cc2)cc1. The van der Waals surface area contributed by atoms with Gasteiger partial charge in [-0.05, 0) is 59.7 Å². The molecule has 1 aliphatic rings. The number of ether oxygens (including phenoxy) is 3. The fourth-order valence-corrected chi connectivity index (χ4v) is 3.18. The van der Waals surface area contributed by atoms with E-state index in [0.29, 0.717) is 17.3 Å². The molecule has 2 aromatic carbocycles. The number of rotatable bonds is 9. The minimum absolute atomic E-state index is 0.353. The van der Waals surface area contributed by atoms with Crippen LogP contribution in [0.4, 0.5) is 0 Å². The van der Waals surface area contributed by atoms with E-state index in [1.165, 1.54) is 7.11 Å². The quantitative estimate of drug-likeness (QED) is 0.257. The van der Waals surface area contributed by atoms with Crippen LogP contribution in [0.5, 0.6) is 5.75 Å². The van der Waals surface area contributed by atoms with Gasteiger partial charge in [-0.2, -0.15) is 5.10 Å². The van der Waals surface area contributed by atoms with Gasteiger partial charge >= 0.3 is 5.97 Å². The lowest BCUT2D eigenvalue weighted by molar-refractivity contribution is 0.0389. The number of hydrogen-bond donors (Lipinski definition) is 2. The van der Waals surface area contributed by atoms with Crippen molar-refractivity contribution in [1.82, 2.24) is 15.6 Å². The van der Waals surface area contributed by atoms with Crippen LogP contribution in [0.25, 0.3) is 0 Å². The lowest BCUT2D eigenvalue weighted by atomic mass is 10.1. The predicted octanol–water partition coefficient (Wildman–Crippen LogP) is 2.18. The Morgan fingerprint density at radius 3 is 2.56 bits per heavy atom. The number of hydrazone groups is 1. The molecular weight excluding hydrogens is 428 g/mol. The first-order chi connectivity index (χ1) is 15.6. The van der Waals surface area contributed by atoms with Crippen molar-refractivity contribution in [2.45, 2.75) is 6.61 Å². The lowest BCUT2D eigenvalue weighted by Gasteiger charge is -2.26. The first-order valence-corrected chi connectivity index (χ1v) is 10.8. The van der Waals surface area contributed by atoms with Crippen molar-refractivity contribution in [3.8, 4) is 5.75 Å². The van der Waals surface area contributed by atoms with Gasteiger partial charge in [-0.1, -0.05) is 12.1 Å². The molecule has 1 heterocycles. The first-order valence-electron chi connectivity index (χ1n) is 10.4. The largest absolute Gasteiger partial charge is 0.489 e. The second-order valence-corrected chi connectivity index (χ2v) is 7.53. The van der Waals surface area contributed by atoms with Crippen LogP contribution in [0.15, 0.2) is 53.6 Å². The molecule has 0 saturated carbocycles. The summed E-state index contributed by atoms with van der Waals surface area (Å²) in [6.45, 7) is 5.59. The number of thiocarbonyl (C=S) groups is 1. The van der Waals surface area contributed by atoms with Crippen LogP contribution >= 0.6 is 12.2 Å². The second kappa shape index (κ2) is 12.7. The number of esters is 1. The zero-order chi connectivity index (χ0) is 22.6. The van der Waals surface area contributed by atoms with Crippen molar-refractivity contribution >= 4 is 29.5 Å². The maximum Gasteiger partial charge on any atom is 0.337 e. The maximum atomic E-state index is 11.5. The maximum absolute atomic E-state index is 11.5. The summed E-state index contributed by atoms with van der Waals surface area (Å²) in [6, 6.07) is 14.7. The van der Waals surface area contributed by atoms with Crippen molar-refractivity contribution in [1.29, 1.82) is 0 Å². The number of morpholine rings is 1. The van der Waals surface area contributed by atoms with Gasteiger partial charge in [-0.15, -0.1) is 0 Å². The number of nitrogens with zero attached hydrogens (tertiary/aromatic N) is 2. The monoisotopic (exact) mass is 456 g/mol. The van der Waals surface area contributed by atoms with Crippen LogP contribution in [-0.4, -0.2) is 68.7 Å². The molecule has 32 heavy (non-hydrogen) atoms. The third-order valence-corrected chi connectivity index (χ3v) is 5.09. The Labute approximate surface area is 193 Å². The molecule has 170 valence electrons. The highest BCUT2D eigenvalue weighted by Crippen LogP contribution is 2.14. The molecule has 0 radical (unpaired) electrons. The summed E-state index contributed by atoms with van der Waals surface area (Å²) in [5, 5.41) is 7.81. The topological polar surface area (TPSA) is 84.4 Å². The molecular formula is C23H28N4O4S.